The summed E-state index contributed by atoms with van der Waals surface area (Å²) in [5.41, 5.74) is 1.86. The number of fused-ring (bicyclic) bond motifs is 1. The normalized spacial score (nSPS) is 14.2. The van der Waals surface area contributed by atoms with Crippen molar-refractivity contribution in [3.05, 3.63) is 94.0 Å². The summed E-state index contributed by atoms with van der Waals surface area (Å²) < 4.78 is 68.0. The molecule has 0 aliphatic heterocycles. The second kappa shape index (κ2) is 10.1. The van der Waals surface area contributed by atoms with Crippen LogP contribution in [0.4, 0.5) is 18.9 Å². The van der Waals surface area contributed by atoms with Crippen molar-refractivity contribution in [1.82, 2.24) is 5.32 Å². The average Bonchev–Trinajstić information content (AvgIpc) is 3.31. The molecule has 3 aromatic rings. The second-order valence-corrected chi connectivity index (χ2v) is 10.9. The first kappa shape index (κ1) is 26.0. The molecule has 3 aromatic carbocycles. The molecular weight excluding hydrogens is 513 g/mol. The number of sulfonamides is 1. The van der Waals surface area contributed by atoms with Crippen LogP contribution in [0, 0.1) is 0 Å². The molecule has 0 radical (unpaired) electrons. The third-order valence-corrected chi connectivity index (χ3v) is 8.28. The molecule has 0 bridgehead atoms. The van der Waals surface area contributed by atoms with E-state index in [1.807, 2.05) is 18.2 Å². The van der Waals surface area contributed by atoms with Gasteiger partial charge in [-0.15, -0.1) is 0 Å². The number of hydrogen-bond acceptors (Lipinski definition) is 3. The minimum Gasteiger partial charge on any atom is -0.348 e. The van der Waals surface area contributed by atoms with Crippen LogP contribution in [-0.4, -0.2) is 20.9 Å². The lowest BCUT2D eigenvalue weighted by Crippen LogP contribution is -2.41. The average molecular weight is 537 g/mol. The molecule has 0 fully saturated rings. The number of benzene rings is 3. The fourth-order valence-corrected chi connectivity index (χ4v) is 5.94. The van der Waals surface area contributed by atoms with E-state index in [0.29, 0.717) is 10.4 Å². The number of carbonyl (C=O) groups excluding carboxylic acids is 1. The minimum atomic E-state index is -4.81. The molecule has 1 amide bonds. The van der Waals surface area contributed by atoms with Crippen molar-refractivity contribution < 1.29 is 26.4 Å². The molecule has 0 spiro atoms. The van der Waals surface area contributed by atoms with Gasteiger partial charge >= 0.3 is 6.18 Å². The molecule has 0 heterocycles. The number of carbonyl (C=O) groups is 1. The van der Waals surface area contributed by atoms with Crippen LogP contribution >= 0.6 is 11.6 Å². The standard InChI is InChI=1S/C26H24ClF3N2O3S/c1-17(19-11-10-18-6-5-7-20(18)14-19)31-25(33)16-32(36(34,35)22-8-3-2-4-9-22)21-12-13-24(27)23(15-21)26(28,29)30/h2-4,8-15,17H,5-7,16H2,1H3,(H,31,33). The number of alkyl halides is 3. The largest absolute Gasteiger partial charge is 0.417 e. The summed E-state index contributed by atoms with van der Waals surface area (Å²) >= 11 is 5.73. The van der Waals surface area contributed by atoms with Gasteiger partial charge in [0.25, 0.3) is 10.0 Å². The first-order chi connectivity index (χ1) is 17.0. The molecule has 0 saturated carbocycles. The van der Waals surface area contributed by atoms with Gasteiger partial charge in [-0.2, -0.15) is 13.2 Å². The number of aryl methyl sites for hydroxylation is 2. The third-order valence-electron chi connectivity index (χ3n) is 6.16. The molecule has 1 N–H and O–H groups in total. The van der Waals surface area contributed by atoms with E-state index in [1.165, 1.54) is 35.4 Å². The molecule has 10 heteroatoms. The predicted octanol–water partition coefficient (Wildman–Crippen LogP) is 5.92. The van der Waals surface area contributed by atoms with Crippen molar-refractivity contribution >= 4 is 33.2 Å². The smallest absolute Gasteiger partial charge is 0.348 e. The number of hydrogen-bond donors (Lipinski definition) is 1. The summed E-state index contributed by atoms with van der Waals surface area (Å²) in [7, 11) is -4.37. The maximum atomic E-state index is 13.5. The SMILES string of the molecule is CC(NC(=O)CN(c1ccc(Cl)c(C(F)(F)F)c1)S(=O)(=O)c1ccccc1)c1ccc2c(c1)CCC2. The van der Waals surface area contributed by atoms with Crippen LogP contribution < -0.4 is 9.62 Å². The van der Waals surface area contributed by atoms with Gasteiger partial charge in [-0.05, 0) is 73.2 Å². The minimum absolute atomic E-state index is 0.159. The van der Waals surface area contributed by atoms with E-state index in [9.17, 15) is 26.4 Å². The molecule has 1 atom stereocenters. The maximum absolute atomic E-state index is 13.5. The summed E-state index contributed by atoms with van der Waals surface area (Å²) in [5.74, 6) is -0.661. The van der Waals surface area contributed by atoms with E-state index >= 15 is 0 Å². The van der Waals surface area contributed by atoms with E-state index in [0.717, 1.165) is 37.0 Å². The fraction of sp³-hybridized carbons (Fsp3) is 0.269. The highest BCUT2D eigenvalue weighted by Gasteiger charge is 2.35. The fourth-order valence-electron chi connectivity index (χ4n) is 4.28. The second-order valence-electron chi connectivity index (χ2n) is 8.66. The Kier molecular flexibility index (Phi) is 7.33. The van der Waals surface area contributed by atoms with E-state index in [1.54, 1.807) is 13.0 Å². The van der Waals surface area contributed by atoms with Crippen LogP contribution in [-0.2, 0) is 33.8 Å². The van der Waals surface area contributed by atoms with Crippen LogP contribution in [0.15, 0.2) is 71.6 Å². The van der Waals surface area contributed by atoms with Crippen molar-refractivity contribution in [2.75, 3.05) is 10.8 Å². The lowest BCUT2D eigenvalue weighted by atomic mass is 10.0. The molecule has 4 rings (SSSR count). The van der Waals surface area contributed by atoms with Gasteiger partial charge in [0, 0.05) is 0 Å². The molecule has 5 nitrogen and oxygen atoms in total. The molecule has 36 heavy (non-hydrogen) atoms. The van der Waals surface area contributed by atoms with Crippen molar-refractivity contribution in [3.63, 3.8) is 0 Å². The monoisotopic (exact) mass is 536 g/mol. The Balaban J connectivity index is 1.65. The molecule has 1 aliphatic carbocycles. The molecule has 0 saturated heterocycles. The Labute approximate surface area is 212 Å². The Hall–Kier alpha value is -3.04. The number of anilines is 1. The quantitative estimate of drug-likeness (QED) is 0.407. The molecule has 190 valence electrons. The van der Waals surface area contributed by atoms with Crippen LogP contribution in [0.1, 0.15) is 41.6 Å². The van der Waals surface area contributed by atoms with Gasteiger partial charge < -0.3 is 5.32 Å². The summed E-state index contributed by atoms with van der Waals surface area (Å²) in [6.45, 7) is 1.06. The van der Waals surface area contributed by atoms with Gasteiger partial charge in [0.05, 0.1) is 27.2 Å². The van der Waals surface area contributed by atoms with Crippen molar-refractivity contribution in [1.29, 1.82) is 0 Å². The summed E-state index contributed by atoms with van der Waals surface area (Å²) in [5, 5.41) is 2.20. The number of nitrogens with one attached hydrogen (secondary N) is 1. The first-order valence-electron chi connectivity index (χ1n) is 11.3. The van der Waals surface area contributed by atoms with Gasteiger partial charge in [-0.1, -0.05) is 48.0 Å². The zero-order valence-electron chi connectivity index (χ0n) is 19.3. The zero-order valence-corrected chi connectivity index (χ0v) is 20.9. The lowest BCUT2D eigenvalue weighted by Gasteiger charge is -2.26. The third kappa shape index (κ3) is 5.52. The Morgan fingerprint density at radius 2 is 1.72 bits per heavy atom. The van der Waals surface area contributed by atoms with E-state index in [4.69, 9.17) is 11.6 Å². The Bertz CT molecular complexity index is 1380. The summed E-state index contributed by atoms with van der Waals surface area (Å²) in [6.07, 6.45) is -1.75. The lowest BCUT2D eigenvalue weighted by molar-refractivity contribution is -0.137. The highest BCUT2D eigenvalue weighted by atomic mass is 35.5. The summed E-state index contributed by atoms with van der Waals surface area (Å²) in [4.78, 5) is 12.8. The van der Waals surface area contributed by atoms with Gasteiger partial charge in [-0.25, -0.2) is 8.42 Å². The molecule has 1 unspecified atom stereocenters. The molecular formula is C26H24ClF3N2O3S. The Morgan fingerprint density at radius 3 is 2.42 bits per heavy atom. The summed E-state index contributed by atoms with van der Waals surface area (Å²) in [6, 6.07) is 15.5. The molecule has 0 aromatic heterocycles. The van der Waals surface area contributed by atoms with E-state index in [2.05, 4.69) is 5.32 Å². The Morgan fingerprint density at radius 1 is 1.03 bits per heavy atom. The van der Waals surface area contributed by atoms with Crippen LogP contribution in [0.3, 0.4) is 0 Å². The maximum Gasteiger partial charge on any atom is 0.417 e. The van der Waals surface area contributed by atoms with Gasteiger partial charge in [0.1, 0.15) is 6.54 Å². The topological polar surface area (TPSA) is 66.5 Å². The zero-order chi connectivity index (χ0) is 26.1. The first-order valence-corrected chi connectivity index (χ1v) is 13.1. The van der Waals surface area contributed by atoms with Crippen LogP contribution in [0.25, 0.3) is 0 Å². The van der Waals surface area contributed by atoms with E-state index in [-0.39, 0.29) is 10.6 Å². The highest BCUT2D eigenvalue weighted by molar-refractivity contribution is 7.92. The number of rotatable bonds is 7. The number of nitrogens with zero attached hydrogens (tertiary/aromatic N) is 1. The van der Waals surface area contributed by atoms with Crippen molar-refractivity contribution in [3.8, 4) is 0 Å². The van der Waals surface area contributed by atoms with E-state index < -0.39 is 45.3 Å². The van der Waals surface area contributed by atoms with Gasteiger partial charge in [-0.3, -0.25) is 9.10 Å². The number of amides is 1. The van der Waals surface area contributed by atoms with Crippen molar-refractivity contribution in [2.24, 2.45) is 0 Å². The van der Waals surface area contributed by atoms with Gasteiger partial charge in [0.2, 0.25) is 5.91 Å². The van der Waals surface area contributed by atoms with Crippen molar-refractivity contribution in [2.45, 2.75) is 43.3 Å². The number of halogens is 4. The predicted molar refractivity (Wildman–Crippen MR) is 132 cm³/mol. The molecule has 1 aliphatic rings. The highest BCUT2D eigenvalue weighted by Crippen LogP contribution is 2.38. The van der Waals surface area contributed by atoms with Crippen LogP contribution in [0.5, 0.6) is 0 Å². The van der Waals surface area contributed by atoms with Gasteiger partial charge in [0.15, 0.2) is 0 Å². The van der Waals surface area contributed by atoms with Crippen LogP contribution in [0.2, 0.25) is 5.02 Å².